The Morgan fingerprint density at radius 1 is 1.36 bits per heavy atom. The Balaban J connectivity index is 2.07. The average molecular weight is 355 g/mol. The van der Waals surface area contributed by atoms with Gasteiger partial charge in [0.2, 0.25) is 5.91 Å². The number of hydrogen-bond donors (Lipinski definition) is 1. The van der Waals surface area contributed by atoms with Gasteiger partial charge in [-0.1, -0.05) is 11.8 Å². The molecule has 2 aromatic rings. The summed E-state index contributed by atoms with van der Waals surface area (Å²) in [5, 5.41) is 12.4. The fourth-order valence-electron chi connectivity index (χ4n) is 2.29. The van der Waals surface area contributed by atoms with Crippen molar-refractivity contribution in [1.82, 2.24) is 4.98 Å². The molecule has 5 nitrogen and oxygen atoms in total. The van der Waals surface area contributed by atoms with Crippen LogP contribution in [0.25, 0.3) is 0 Å². The van der Waals surface area contributed by atoms with Gasteiger partial charge in [0.15, 0.2) is 0 Å². The quantitative estimate of drug-likeness (QED) is 0.790. The summed E-state index contributed by atoms with van der Waals surface area (Å²) in [7, 11) is 0. The van der Waals surface area contributed by atoms with Gasteiger partial charge < -0.3 is 10.1 Å². The lowest BCUT2D eigenvalue weighted by molar-refractivity contribution is -0.115. The standard InChI is InChI=1S/C19H21N3O2S/c1-5-24-16-8-6-15(7-9-16)22-18(23)14(4)25-19-17(11-20)12(2)10-13(3)21-19/h6-10,14H,5H2,1-4H3,(H,22,23)/t14-/m1/s1. The van der Waals surface area contributed by atoms with E-state index in [0.717, 1.165) is 17.0 Å². The molecule has 25 heavy (non-hydrogen) atoms. The van der Waals surface area contributed by atoms with Crippen molar-refractivity contribution in [1.29, 1.82) is 5.26 Å². The Labute approximate surface area is 152 Å². The third-order valence-corrected chi connectivity index (χ3v) is 4.60. The topological polar surface area (TPSA) is 75.0 Å². The molecule has 1 heterocycles. The lowest BCUT2D eigenvalue weighted by Gasteiger charge is -2.14. The Bertz CT molecular complexity index is 798. The van der Waals surface area contributed by atoms with E-state index in [1.165, 1.54) is 11.8 Å². The summed E-state index contributed by atoms with van der Waals surface area (Å²) in [6, 6.07) is 11.3. The van der Waals surface area contributed by atoms with Gasteiger partial charge in [-0.15, -0.1) is 0 Å². The normalized spacial score (nSPS) is 11.5. The van der Waals surface area contributed by atoms with Crippen LogP contribution in [0.15, 0.2) is 35.4 Å². The highest BCUT2D eigenvalue weighted by Crippen LogP contribution is 2.28. The minimum Gasteiger partial charge on any atom is -0.494 e. The van der Waals surface area contributed by atoms with Gasteiger partial charge in [-0.3, -0.25) is 4.79 Å². The first kappa shape index (κ1) is 18.8. The fraction of sp³-hybridized carbons (Fsp3) is 0.316. The second-order valence-electron chi connectivity index (χ2n) is 5.58. The van der Waals surface area contributed by atoms with Crippen molar-refractivity contribution in [2.45, 2.75) is 38.0 Å². The molecule has 6 heteroatoms. The summed E-state index contributed by atoms with van der Waals surface area (Å²) >= 11 is 1.29. The van der Waals surface area contributed by atoms with Gasteiger partial charge in [0.05, 0.1) is 17.4 Å². The first-order valence-electron chi connectivity index (χ1n) is 8.03. The van der Waals surface area contributed by atoms with Crippen LogP contribution in [-0.4, -0.2) is 22.7 Å². The maximum Gasteiger partial charge on any atom is 0.237 e. The van der Waals surface area contributed by atoms with Crippen LogP contribution >= 0.6 is 11.8 Å². The smallest absolute Gasteiger partial charge is 0.237 e. The molecule has 130 valence electrons. The largest absolute Gasteiger partial charge is 0.494 e. The molecule has 0 aliphatic heterocycles. The number of hydrogen-bond acceptors (Lipinski definition) is 5. The maximum atomic E-state index is 12.4. The second-order valence-corrected chi connectivity index (χ2v) is 6.91. The van der Waals surface area contributed by atoms with Crippen LogP contribution in [0, 0.1) is 25.2 Å². The number of thioether (sulfide) groups is 1. The molecule has 0 radical (unpaired) electrons. The second kappa shape index (κ2) is 8.54. The van der Waals surface area contributed by atoms with Gasteiger partial charge in [0, 0.05) is 11.4 Å². The highest BCUT2D eigenvalue weighted by Gasteiger charge is 2.19. The Morgan fingerprint density at radius 2 is 2.04 bits per heavy atom. The van der Waals surface area contributed by atoms with Crippen LogP contribution in [0.2, 0.25) is 0 Å². The van der Waals surface area contributed by atoms with E-state index in [0.29, 0.717) is 22.9 Å². The van der Waals surface area contributed by atoms with Crippen LogP contribution in [0.4, 0.5) is 5.69 Å². The van der Waals surface area contributed by atoms with E-state index in [2.05, 4.69) is 16.4 Å². The molecule has 0 unspecified atom stereocenters. The number of anilines is 1. The van der Waals surface area contributed by atoms with Crippen LogP contribution in [0.5, 0.6) is 5.75 Å². The summed E-state index contributed by atoms with van der Waals surface area (Å²) in [4.78, 5) is 16.8. The van der Waals surface area contributed by atoms with E-state index >= 15 is 0 Å². The minimum absolute atomic E-state index is 0.140. The third kappa shape index (κ3) is 4.97. The Hall–Kier alpha value is -2.52. The zero-order valence-corrected chi connectivity index (χ0v) is 15.6. The van der Waals surface area contributed by atoms with Crippen molar-refractivity contribution < 1.29 is 9.53 Å². The average Bonchev–Trinajstić information content (AvgIpc) is 2.56. The number of nitriles is 1. The molecular weight excluding hydrogens is 334 g/mol. The molecule has 0 aliphatic rings. The van der Waals surface area contributed by atoms with E-state index < -0.39 is 0 Å². The lowest BCUT2D eigenvalue weighted by atomic mass is 10.1. The predicted octanol–water partition coefficient (Wildman–Crippen LogP) is 4.09. The van der Waals surface area contributed by atoms with E-state index in [1.807, 2.05) is 39.0 Å². The van der Waals surface area contributed by atoms with Crippen LogP contribution in [0.1, 0.15) is 30.7 Å². The number of aromatic nitrogens is 1. The molecule has 0 saturated carbocycles. The number of carbonyl (C=O) groups is 1. The molecule has 1 atom stereocenters. The highest BCUT2D eigenvalue weighted by molar-refractivity contribution is 8.00. The van der Waals surface area contributed by atoms with Gasteiger partial charge in [-0.2, -0.15) is 5.26 Å². The summed E-state index contributed by atoms with van der Waals surface area (Å²) in [5.41, 5.74) is 2.93. The fourth-order valence-corrected chi connectivity index (χ4v) is 3.31. The number of pyridine rings is 1. The molecule has 0 bridgehead atoms. The van der Waals surface area contributed by atoms with Crippen molar-refractivity contribution in [3.63, 3.8) is 0 Å². The number of benzene rings is 1. The SMILES string of the molecule is CCOc1ccc(NC(=O)[C@@H](C)Sc2nc(C)cc(C)c2C#N)cc1. The van der Waals surface area contributed by atoms with Crippen molar-refractivity contribution in [2.75, 3.05) is 11.9 Å². The molecule has 1 N–H and O–H groups in total. The van der Waals surface area contributed by atoms with Crippen LogP contribution < -0.4 is 10.1 Å². The maximum absolute atomic E-state index is 12.4. The molecular formula is C19H21N3O2S. The van der Waals surface area contributed by atoms with Crippen LogP contribution in [0.3, 0.4) is 0 Å². The lowest BCUT2D eigenvalue weighted by Crippen LogP contribution is -2.22. The van der Waals surface area contributed by atoms with Gasteiger partial charge in [-0.25, -0.2) is 4.98 Å². The summed E-state index contributed by atoms with van der Waals surface area (Å²) < 4.78 is 5.38. The summed E-state index contributed by atoms with van der Waals surface area (Å²) in [6.45, 7) is 8.08. The predicted molar refractivity (Wildman–Crippen MR) is 100.0 cm³/mol. The summed E-state index contributed by atoms with van der Waals surface area (Å²) in [5.74, 6) is 0.625. The number of nitrogens with zero attached hydrogens (tertiary/aromatic N) is 2. The monoisotopic (exact) mass is 355 g/mol. The van der Waals surface area contributed by atoms with E-state index in [9.17, 15) is 10.1 Å². The Kier molecular flexibility index (Phi) is 6.43. The molecule has 1 aromatic heterocycles. The van der Waals surface area contributed by atoms with Crippen molar-refractivity contribution in [3.05, 3.63) is 47.2 Å². The molecule has 1 amide bonds. The number of rotatable bonds is 6. The zero-order valence-electron chi connectivity index (χ0n) is 14.8. The summed E-state index contributed by atoms with van der Waals surface area (Å²) in [6.07, 6.45) is 0. The third-order valence-electron chi connectivity index (χ3n) is 3.51. The zero-order chi connectivity index (χ0) is 18.4. The Morgan fingerprint density at radius 3 is 2.64 bits per heavy atom. The van der Waals surface area contributed by atoms with Gasteiger partial charge in [0.25, 0.3) is 0 Å². The molecule has 0 spiro atoms. The number of ether oxygens (including phenoxy) is 1. The minimum atomic E-state index is -0.382. The number of carbonyl (C=O) groups excluding carboxylic acids is 1. The van der Waals surface area contributed by atoms with E-state index in [4.69, 9.17) is 4.74 Å². The van der Waals surface area contributed by atoms with Crippen molar-refractivity contribution >= 4 is 23.4 Å². The first-order chi connectivity index (χ1) is 11.9. The molecule has 0 aliphatic carbocycles. The van der Waals surface area contributed by atoms with Gasteiger partial charge in [-0.05, 0) is 63.6 Å². The molecule has 0 saturated heterocycles. The van der Waals surface area contributed by atoms with Crippen LogP contribution in [-0.2, 0) is 4.79 Å². The van der Waals surface area contributed by atoms with Gasteiger partial charge >= 0.3 is 0 Å². The van der Waals surface area contributed by atoms with Crippen molar-refractivity contribution in [3.8, 4) is 11.8 Å². The molecule has 2 rings (SSSR count). The van der Waals surface area contributed by atoms with E-state index in [1.54, 1.807) is 19.1 Å². The van der Waals surface area contributed by atoms with E-state index in [-0.39, 0.29) is 11.2 Å². The molecule has 0 fully saturated rings. The first-order valence-corrected chi connectivity index (χ1v) is 8.91. The number of nitrogens with one attached hydrogen (secondary N) is 1. The number of aryl methyl sites for hydroxylation is 2. The van der Waals surface area contributed by atoms with Gasteiger partial charge in [0.1, 0.15) is 16.8 Å². The molecule has 1 aromatic carbocycles. The highest BCUT2D eigenvalue weighted by atomic mass is 32.2. The number of amides is 1. The van der Waals surface area contributed by atoms with Crippen molar-refractivity contribution in [2.24, 2.45) is 0 Å².